The molecule has 0 atom stereocenters. The maximum atomic E-state index is 12.6. The molecule has 0 heterocycles. The minimum Gasteiger partial charge on any atom is -0.369 e. The van der Waals surface area contributed by atoms with Crippen LogP contribution in [0.1, 0.15) is 25.0 Å². The molecule has 0 saturated carbocycles. The molecule has 1 amide bonds. The maximum absolute atomic E-state index is 12.6. The van der Waals surface area contributed by atoms with Crippen LogP contribution in [-0.4, -0.2) is 31.7 Å². The number of rotatable bonds is 6. The summed E-state index contributed by atoms with van der Waals surface area (Å²) < 4.78 is 26.3. The Balaban J connectivity index is 3.25. The Labute approximate surface area is 125 Å². The maximum Gasteiger partial charge on any atom is 0.243 e. The van der Waals surface area contributed by atoms with E-state index in [9.17, 15) is 13.2 Å². The van der Waals surface area contributed by atoms with Gasteiger partial charge < -0.3 is 5.73 Å². The summed E-state index contributed by atoms with van der Waals surface area (Å²) in [7, 11) is -3.82. The highest BCUT2D eigenvalue weighted by molar-refractivity contribution is 7.89. The van der Waals surface area contributed by atoms with Crippen molar-refractivity contribution in [2.24, 2.45) is 11.7 Å². The van der Waals surface area contributed by atoms with Crippen LogP contribution in [0.2, 0.25) is 0 Å². The van der Waals surface area contributed by atoms with E-state index >= 15 is 0 Å². The first-order valence-electron chi connectivity index (χ1n) is 6.47. The van der Waals surface area contributed by atoms with Crippen LogP contribution in [0.15, 0.2) is 23.1 Å². The van der Waals surface area contributed by atoms with Crippen molar-refractivity contribution < 1.29 is 13.2 Å². The molecule has 7 heteroatoms. The molecule has 21 heavy (non-hydrogen) atoms. The molecule has 6 nitrogen and oxygen atoms in total. The molecule has 0 unspecified atom stereocenters. The van der Waals surface area contributed by atoms with E-state index in [1.54, 1.807) is 6.92 Å². The smallest absolute Gasteiger partial charge is 0.243 e. The lowest BCUT2D eigenvalue weighted by Gasteiger charge is -2.22. The number of primary amides is 1. The second-order valence-corrected chi connectivity index (χ2v) is 7.18. The van der Waals surface area contributed by atoms with E-state index in [1.807, 2.05) is 19.9 Å². The largest absolute Gasteiger partial charge is 0.369 e. The molecule has 1 aromatic carbocycles. The highest BCUT2D eigenvalue weighted by Crippen LogP contribution is 2.20. The second kappa shape index (κ2) is 6.70. The molecule has 0 fully saturated rings. The Kier molecular flexibility index (Phi) is 5.47. The summed E-state index contributed by atoms with van der Waals surface area (Å²) in [5.41, 5.74) is 6.12. The van der Waals surface area contributed by atoms with Crippen molar-refractivity contribution >= 4 is 15.9 Å². The molecular formula is C14H19N3O3S. The summed E-state index contributed by atoms with van der Waals surface area (Å²) in [5.74, 6) is -0.650. The van der Waals surface area contributed by atoms with Crippen molar-refractivity contribution in [3.05, 3.63) is 29.3 Å². The Morgan fingerprint density at radius 3 is 2.48 bits per heavy atom. The predicted molar refractivity (Wildman–Crippen MR) is 78.7 cm³/mol. The van der Waals surface area contributed by atoms with E-state index in [0.29, 0.717) is 11.1 Å². The van der Waals surface area contributed by atoms with Gasteiger partial charge in [-0.25, -0.2) is 8.42 Å². The summed E-state index contributed by atoms with van der Waals surface area (Å²) in [6.07, 6.45) is 0. The number of benzene rings is 1. The number of carbonyl (C=O) groups excluding carboxylic acids is 1. The van der Waals surface area contributed by atoms with Crippen LogP contribution in [0.5, 0.6) is 0 Å². The second-order valence-electron chi connectivity index (χ2n) is 5.25. The van der Waals surface area contributed by atoms with E-state index in [4.69, 9.17) is 11.0 Å². The van der Waals surface area contributed by atoms with Gasteiger partial charge in [0.2, 0.25) is 15.9 Å². The molecular weight excluding hydrogens is 290 g/mol. The Morgan fingerprint density at radius 1 is 1.43 bits per heavy atom. The fraction of sp³-hybridized carbons (Fsp3) is 0.429. The van der Waals surface area contributed by atoms with E-state index in [-0.39, 0.29) is 23.9 Å². The summed E-state index contributed by atoms with van der Waals surface area (Å²) in [6, 6.07) is 6.25. The van der Waals surface area contributed by atoms with Crippen LogP contribution in [0.25, 0.3) is 0 Å². The Hall–Kier alpha value is -1.91. The summed E-state index contributed by atoms with van der Waals surface area (Å²) in [6.45, 7) is 5.21. The molecule has 0 radical (unpaired) electrons. The quantitative estimate of drug-likeness (QED) is 0.846. The van der Waals surface area contributed by atoms with Gasteiger partial charge in [0.25, 0.3) is 0 Å². The average Bonchev–Trinajstić information content (AvgIpc) is 2.36. The fourth-order valence-electron chi connectivity index (χ4n) is 1.90. The summed E-state index contributed by atoms with van der Waals surface area (Å²) in [5, 5.41) is 8.89. The molecule has 0 aliphatic rings. The van der Waals surface area contributed by atoms with Crippen molar-refractivity contribution in [1.29, 1.82) is 5.26 Å². The van der Waals surface area contributed by atoms with Gasteiger partial charge in [-0.2, -0.15) is 9.57 Å². The van der Waals surface area contributed by atoms with Gasteiger partial charge in [0.05, 0.1) is 23.1 Å². The number of amides is 1. The number of carbonyl (C=O) groups is 1. The third-order valence-electron chi connectivity index (χ3n) is 2.86. The molecule has 114 valence electrons. The van der Waals surface area contributed by atoms with Crippen LogP contribution >= 0.6 is 0 Å². The summed E-state index contributed by atoms with van der Waals surface area (Å²) in [4.78, 5) is 11.2. The standard InChI is InChI=1S/C14H19N3O3S/c1-10(2)8-17(9-14(16)18)21(19,20)13-5-4-12(7-15)11(3)6-13/h4-6,10H,8-9H2,1-3H3,(H2,16,18). The van der Waals surface area contributed by atoms with Crippen molar-refractivity contribution in [1.82, 2.24) is 4.31 Å². The van der Waals surface area contributed by atoms with Gasteiger partial charge in [0.15, 0.2) is 0 Å². The highest BCUT2D eigenvalue weighted by Gasteiger charge is 2.26. The lowest BCUT2D eigenvalue weighted by Crippen LogP contribution is -2.40. The molecule has 0 aromatic heterocycles. The number of hydrogen-bond donors (Lipinski definition) is 1. The molecule has 0 bridgehead atoms. The van der Waals surface area contributed by atoms with E-state index in [0.717, 1.165) is 4.31 Å². The van der Waals surface area contributed by atoms with Gasteiger partial charge >= 0.3 is 0 Å². The monoisotopic (exact) mass is 309 g/mol. The average molecular weight is 309 g/mol. The summed E-state index contributed by atoms with van der Waals surface area (Å²) >= 11 is 0. The minimum absolute atomic E-state index is 0.0543. The predicted octanol–water partition coefficient (Wildman–Crippen LogP) is 0.999. The molecule has 0 spiro atoms. The van der Waals surface area contributed by atoms with Gasteiger partial charge in [0, 0.05) is 6.54 Å². The normalized spacial score (nSPS) is 11.6. The van der Waals surface area contributed by atoms with Gasteiger partial charge in [-0.15, -0.1) is 0 Å². The van der Waals surface area contributed by atoms with Gasteiger partial charge in [-0.1, -0.05) is 13.8 Å². The molecule has 0 aliphatic carbocycles. The molecule has 2 N–H and O–H groups in total. The molecule has 1 rings (SSSR count). The van der Waals surface area contributed by atoms with Crippen LogP contribution in [0.4, 0.5) is 0 Å². The molecule has 0 aliphatic heterocycles. The van der Waals surface area contributed by atoms with Crippen LogP contribution in [0, 0.1) is 24.2 Å². The van der Waals surface area contributed by atoms with Crippen LogP contribution < -0.4 is 5.73 Å². The number of nitrogens with two attached hydrogens (primary N) is 1. The number of nitrogens with zero attached hydrogens (tertiary/aromatic N) is 2. The van der Waals surface area contributed by atoms with E-state index in [1.165, 1.54) is 18.2 Å². The first-order valence-corrected chi connectivity index (χ1v) is 7.91. The zero-order chi connectivity index (χ0) is 16.2. The zero-order valence-electron chi connectivity index (χ0n) is 12.3. The Bertz CT molecular complexity index is 675. The number of sulfonamides is 1. The zero-order valence-corrected chi connectivity index (χ0v) is 13.1. The van der Waals surface area contributed by atoms with Gasteiger partial charge in [-0.05, 0) is 36.6 Å². The third kappa shape index (κ3) is 4.28. The highest BCUT2D eigenvalue weighted by atomic mass is 32.2. The van der Waals surface area contributed by atoms with Gasteiger partial charge in [0.1, 0.15) is 0 Å². The van der Waals surface area contributed by atoms with E-state index < -0.39 is 15.9 Å². The number of hydrogen-bond acceptors (Lipinski definition) is 4. The number of nitriles is 1. The Morgan fingerprint density at radius 2 is 2.05 bits per heavy atom. The van der Waals surface area contributed by atoms with Crippen molar-refractivity contribution in [3.63, 3.8) is 0 Å². The first kappa shape index (κ1) is 17.1. The minimum atomic E-state index is -3.82. The third-order valence-corrected chi connectivity index (χ3v) is 4.66. The lowest BCUT2D eigenvalue weighted by molar-refractivity contribution is -0.118. The van der Waals surface area contributed by atoms with Crippen LogP contribution in [-0.2, 0) is 14.8 Å². The molecule has 1 aromatic rings. The lowest BCUT2D eigenvalue weighted by atomic mass is 10.1. The van der Waals surface area contributed by atoms with Crippen molar-refractivity contribution in [2.45, 2.75) is 25.7 Å². The fourth-order valence-corrected chi connectivity index (χ4v) is 3.56. The van der Waals surface area contributed by atoms with E-state index in [2.05, 4.69) is 0 Å². The van der Waals surface area contributed by atoms with Crippen molar-refractivity contribution in [2.75, 3.05) is 13.1 Å². The number of aryl methyl sites for hydroxylation is 1. The van der Waals surface area contributed by atoms with Crippen LogP contribution in [0.3, 0.4) is 0 Å². The SMILES string of the molecule is Cc1cc(S(=O)(=O)N(CC(N)=O)CC(C)C)ccc1C#N. The molecule has 0 saturated heterocycles. The van der Waals surface area contributed by atoms with Gasteiger partial charge in [-0.3, -0.25) is 4.79 Å². The van der Waals surface area contributed by atoms with Crippen molar-refractivity contribution in [3.8, 4) is 6.07 Å². The topological polar surface area (TPSA) is 104 Å². The first-order chi connectivity index (χ1) is 9.68.